The predicted molar refractivity (Wildman–Crippen MR) is 91.6 cm³/mol. The zero-order valence-corrected chi connectivity index (χ0v) is 14.2. The number of aromatic hydroxyl groups is 1. The van der Waals surface area contributed by atoms with Gasteiger partial charge in [-0.2, -0.15) is 5.10 Å². The van der Waals surface area contributed by atoms with Crippen molar-refractivity contribution in [2.24, 2.45) is 0 Å². The topological polar surface area (TPSA) is 62.1 Å². The number of phenolic OH excluding ortho intramolecular Hbond substituents is 1. The van der Waals surface area contributed by atoms with Gasteiger partial charge in [-0.25, -0.2) is 0 Å². The van der Waals surface area contributed by atoms with Crippen LogP contribution in [0, 0.1) is 13.8 Å². The highest BCUT2D eigenvalue weighted by molar-refractivity contribution is 5.73. The zero-order chi connectivity index (χ0) is 16.8. The molecule has 4 nitrogen and oxygen atoms in total. The summed E-state index contributed by atoms with van der Waals surface area (Å²) in [5.41, 5.74) is 4.38. The fourth-order valence-corrected chi connectivity index (χ4v) is 2.57. The number of nitrogens with zero attached hydrogens (tertiary/aromatic N) is 1. The first-order valence-corrected chi connectivity index (χ1v) is 7.72. The van der Waals surface area contributed by atoms with Crippen LogP contribution in [0.25, 0.3) is 22.5 Å². The third kappa shape index (κ3) is 2.89. The first-order chi connectivity index (χ1) is 10.8. The number of benzene rings is 1. The summed E-state index contributed by atoms with van der Waals surface area (Å²) in [6.07, 6.45) is 0. The largest absolute Gasteiger partial charge is 0.507 e. The van der Waals surface area contributed by atoms with Crippen molar-refractivity contribution >= 4 is 0 Å². The predicted octanol–water partition coefficient (Wildman–Crippen LogP) is 4.96. The van der Waals surface area contributed by atoms with Crippen LogP contribution in [0.3, 0.4) is 0 Å². The quantitative estimate of drug-likeness (QED) is 0.703. The van der Waals surface area contributed by atoms with Crippen LogP contribution in [0.1, 0.15) is 37.9 Å². The molecule has 0 aliphatic carbocycles. The van der Waals surface area contributed by atoms with Crippen molar-refractivity contribution in [1.82, 2.24) is 10.2 Å². The maximum Gasteiger partial charge on any atom is 0.124 e. The summed E-state index contributed by atoms with van der Waals surface area (Å²) in [6.45, 7) is 10.3. The van der Waals surface area contributed by atoms with Crippen molar-refractivity contribution in [3.8, 4) is 28.3 Å². The SMILES string of the molecule is Cc1ccc(O)c(-c2cc(-c3cc(C(C)(C)C)oc3C)n[nH]2)c1. The Morgan fingerprint density at radius 2 is 1.78 bits per heavy atom. The van der Waals surface area contributed by atoms with Crippen molar-refractivity contribution in [2.45, 2.75) is 40.0 Å². The molecule has 3 aromatic rings. The van der Waals surface area contributed by atoms with Crippen LogP contribution in [-0.2, 0) is 5.41 Å². The summed E-state index contributed by atoms with van der Waals surface area (Å²) in [6, 6.07) is 9.51. The van der Waals surface area contributed by atoms with Crippen molar-refractivity contribution in [3.05, 3.63) is 47.4 Å². The van der Waals surface area contributed by atoms with Gasteiger partial charge in [0.05, 0.1) is 11.4 Å². The van der Waals surface area contributed by atoms with Crippen LogP contribution in [0.15, 0.2) is 34.7 Å². The Hall–Kier alpha value is -2.49. The number of nitrogens with one attached hydrogen (secondary N) is 1. The molecule has 0 aliphatic heterocycles. The van der Waals surface area contributed by atoms with Gasteiger partial charge in [-0.05, 0) is 38.1 Å². The van der Waals surface area contributed by atoms with Crippen molar-refractivity contribution < 1.29 is 9.52 Å². The first-order valence-electron chi connectivity index (χ1n) is 7.72. The van der Waals surface area contributed by atoms with Crippen LogP contribution in [0.4, 0.5) is 0 Å². The zero-order valence-electron chi connectivity index (χ0n) is 14.2. The second-order valence-electron chi connectivity index (χ2n) is 7.02. The standard InChI is InChI=1S/C19H22N2O2/c1-11-6-7-17(22)14(8-11)16-10-15(20-21-16)13-9-18(19(3,4)5)23-12(13)2/h6-10,22H,1-5H3,(H,20,21). The number of hydrogen-bond acceptors (Lipinski definition) is 3. The molecular formula is C19H22N2O2. The maximum absolute atomic E-state index is 10.1. The Morgan fingerprint density at radius 3 is 2.43 bits per heavy atom. The minimum Gasteiger partial charge on any atom is -0.507 e. The van der Waals surface area contributed by atoms with Gasteiger partial charge in [-0.3, -0.25) is 5.10 Å². The van der Waals surface area contributed by atoms with Crippen LogP contribution in [-0.4, -0.2) is 15.3 Å². The van der Waals surface area contributed by atoms with Gasteiger partial charge in [0.2, 0.25) is 0 Å². The molecule has 0 atom stereocenters. The van der Waals surface area contributed by atoms with E-state index in [1.165, 1.54) is 0 Å². The minimum absolute atomic E-state index is 0.0447. The van der Waals surface area contributed by atoms with Gasteiger partial charge in [-0.1, -0.05) is 32.4 Å². The molecular weight excluding hydrogens is 288 g/mol. The van der Waals surface area contributed by atoms with Gasteiger partial charge >= 0.3 is 0 Å². The van der Waals surface area contributed by atoms with E-state index in [9.17, 15) is 5.11 Å². The van der Waals surface area contributed by atoms with Gasteiger partial charge in [-0.15, -0.1) is 0 Å². The van der Waals surface area contributed by atoms with Gasteiger partial charge in [0.15, 0.2) is 0 Å². The van der Waals surface area contributed by atoms with Gasteiger partial charge in [0.1, 0.15) is 17.3 Å². The van der Waals surface area contributed by atoms with E-state index in [4.69, 9.17) is 4.42 Å². The normalized spacial score (nSPS) is 11.9. The average Bonchev–Trinajstić information content (AvgIpc) is 3.07. The Balaban J connectivity index is 2.03. The van der Waals surface area contributed by atoms with E-state index in [0.717, 1.165) is 39.6 Å². The molecule has 0 bridgehead atoms. The first kappa shape index (κ1) is 15.4. The highest BCUT2D eigenvalue weighted by atomic mass is 16.3. The molecule has 2 N–H and O–H groups in total. The summed E-state index contributed by atoms with van der Waals surface area (Å²) < 4.78 is 5.89. The molecule has 23 heavy (non-hydrogen) atoms. The van der Waals surface area contributed by atoms with E-state index in [2.05, 4.69) is 31.0 Å². The summed E-state index contributed by atoms with van der Waals surface area (Å²) in [7, 11) is 0. The molecule has 0 saturated heterocycles. The maximum atomic E-state index is 10.1. The number of aryl methyl sites for hydroxylation is 2. The Bertz CT molecular complexity index is 851. The number of aromatic nitrogens is 2. The highest BCUT2D eigenvalue weighted by Gasteiger charge is 2.22. The molecule has 2 heterocycles. The second-order valence-corrected chi connectivity index (χ2v) is 7.02. The van der Waals surface area contributed by atoms with E-state index >= 15 is 0 Å². The molecule has 0 aliphatic rings. The summed E-state index contributed by atoms with van der Waals surface area (Å²) in [5.74, 6) is 2.03. The van der Waals surface area contributed by atoms with Crippen LogP contribution >= 0.6 is 0 Å². The van der Waals surface area contributed by atoms with E-state index in [-0.39, 0.29) is 11.2 Å². The minimum atomic E-state index is -0.0447. The number of aromatic amines is 1. The number of hydrogen-bond donors (Lipinski definition) is 2. The lowest BCUT2D eigenvalue weighted by atomic mass is 9.93. The lowest BCUT2D eigenvalue weighted by Crippen LogP contribution is -2.09. The molecule has 0 saturated carbocycles. The molecule has 0 radical (unpaired) electrons. The molecule has 120 valence electrons. The molecule has 4 heteroatoms. The molecule has 0 unspecified atom stereocenters. The second kappa shape index (κ2) is 5.30. The van der Waals surface area contributed by atoms with Crippen molar-refractivity contribution in [3.63, 3.8) is 0 Å². The summed E-state index contributed by atoms with van der Waals surface area (Å²) in [4.78, 5) is 0. The van der Waals surface area contributed by atoms with Crippen molar-refractivity contribution in [1.29, 1.82) is 0 Å². The monoisotopic (exact) mass is 310 g/mol. The number of H-pyrrole nitrogens is 1. The lowest BCUT2D eigenvalue weighted by Gasteiger charge is -2.13. The van der Waals surface area contributed by atoms with Crippen LogP contribution in [0.5, 0.6) is 5.75 Å². The van der Waals surface area contributed by atoms with E-state index in [0.29, 0.717) is 0 Å². The average molecular weight is 310 g/mol. The lowest BCUT2D eigenvalue weighted by molar-refractivity contribution is 0.396. The molecule has 0 spiro atoms. The Kier molecular flexibility index (Phi) is 3.55. The van der Waals surface area contributed by atoms with Crippen LogP contribution < -0.4 is 0 Å². The smallest absolute Gasteiger partial charge is 0.124 e. The van der Waals surface area contributed by atoms with Crippen LogP contribution in [0.2, 0.25) is 0 Å². The van der Waals surface area contributed by atoms with Gasteiger partial charge in [0.25, 0.3) is 0 Å². The Labute approximate surface area is 136 Å². The third-order valence-electron chi connectivity index (χ3n) is 3.95. The molecule has 1 aromatic carbocycles. The molecule has 3 rings (SSSR count). The molecule has 0 amide bonds. The van der Waals surface area contributed by atoms with Crippen molar-refractivity contribution in [2.75, 3.05) is 0 Å². The summed E-state index contributed by atoms with van der Waals surface area (Å²) >= 11 is 0. The number of phenols is 1. The molecule has 2 aromatic heterocycles. The van der Waals surface area contributed by atoms with E-state index < -0.39 is 0 Å². The van der Waals surface area contributed by atoms with Gasteiger partial charge < -0.3 is 9.52 Å². The number of furan rings is 1. The van der Waals surface area contributed by atoms with E-state index in [1.807, 2.05) is 38.1 Å². The van der Waals surface area contributed by atoms with E-state index in [1.54, 1.807) is 6.07 Å². The number of rotatable bonds is 2. The third-order valence-corrected chi connectivity index (χ3v) is 3.95. The van der Waals surface area contributed by atoms with Gasteiger partial charge in [0, 0.05) is 16.5 Å². The fourth-order valence-electron chi connectivity index (χ4n) is 2.57. The summed E-state index contributed by atoms with van der Waals surface area (Å²) in [5, 5.41) is 17.5. The molecule has 0 fully saturated rings. The fraction of sp³-hybridized carbons (Fsp3) is 0.316. The highest BCUT2D eigenvalue weighted by Crippen LogP contribution is 2.35. The Morgan fingerprint density at radius 1 is 1.04 bits per heavy atom.